The summed E-state index contributed by atoms with van der Waals surface area (Å²) in [4.78, 5) is 18.1. The lowest BCUT2D eigenvalue weighted by Gasteiger charge is -2.20. The number of amides is 1. The maximum Gasteiger partial charge on any atom is 0.234 e. The number of carbonyl (C=O) groups is 1. The Balaban J connectivity index is 1.56. The van der Waals surface area contributed by atoms with Gasteiger partial charge >= 0.3 is 0 Å². The van der Waals surface area contributed by atoms with Gasteiger partial charge in [0.15, 0.2) is 0 Å². The van der Waals surface area contributed by atoms with E-state index in [9.17, 15) is 4.79 Å². The van der Waals surface area contributed by atoms with Crippen LogP contribution in [0.4, 0.5) is 0 Å². The summed E-state index contributed by atoms with van der Waals surface area (Å²) >= 11 is 0. The fourth-order valence-electron chi connectivity index (χ4n) is 4.04. The van der Waals surface area contributed by atoms with E-state index in [1.165, 1.54) is 23.8 Å². The molecule has 1 saturated heterocycles. The molecular formula is C23H27N3O2. The summed E-state index contributed by atoms with van der Waals surface area (Å²) in [5.41, 5.74) is 3.47. The van der Waals surface area contributed by atoms with Gasteiger partial charge in [-0.05, 0) is 55.3 Å². The van der Waals surface area contributed by atoms with Gasteiger partial charge in [-0.1, -0.05) is 30.3 Å². The molecule has 1 aliphatic rings. The van der Waals surface area contributed by atoms with Crippen LogP contribution in [0.1, 0.15) is 29.9 Å². The monoisotopic (exact) mass is 377 g/mol. The maximum absolute atomic E-state index is 12.5. The Bertz CT molecular complexity index is 926. The number of nitrogens with one attached hydrogen (secondary N) is 2. The van der Waals surface area contributed by atoms with E-state index in [4.69, 9.17) is 4.74 Å². The lowest BCUT2D eigenvalue weighted by molar-refractivity contribution is -0.122. The molecule has 2 N–H and O–H groups in total. The minimum absolute atomic E-state index is 0.0737. The fourth-order valence-corrected chi connectivity index (χ4v) is 4.04. The number of fused-ring (bicyclic) bond motifs is 1. The second kappa shape index (κ2) is 8.48. The first-order valence-corrected chi connectivity index (χ1v) is 9.93. The molecule has 3 aromatic rings. The van der Waals surface area contributed by atoms with Crippen LogP contribution in [-0.4, -0.2) is 49.1 Å². The van der Waals surface area contributed by atoms with E-state index in [0.717, 1.165) is 29.9 Å². The summed E-state index contributed by atoms with van der Waals surface area (Å²) in [7, 11) is 1.67. The molecule has 28 heavy (non-hydrogen) atoms. The van der Waals surface area contributed by atoms with Crippen molar-refractivity contribution in [1.82, 2.24) is 15.2 Å². The zero-order valence-corrected chi connectivity index (χ0v) is 16.3. The molecular weight excluding hydrogens is 350 g/mol. The molecule has 0 saturated carbocycles. The van der Waals surface area contributed by atoms with Crippen LogP contribution in [0.15, 0.2) is 54.7 Å². The largest absolute Gasteiger partial charge is 0.497 e. The SMILES string of the molecule is COc1ccc([C@@H](CNC(=O)CN2CCCC2)c2c[nH]c3ccccc23)cc1. The molecule has 1 amide bonds. The average molecular weight is 377 g/mol. The Morgan fingerprint density at radius 3 is 2.64 bits per heavy atom. The van der Waals surface area contributed by atoms with E-state index < -0.39 is 0 Å². The topological polar surface area (TPSA) is 57.4 Å². The van der Waals surface area contributed by atoms with Crippen LogP contribution >= 0.6 is 0 Å². The predicted octanol–water partition coefficient (Wildman–Crippen LogP) is 3.52. The number of ether oxygens (including phenoxy) is 1. The molecule has 1 fully saturated rings. The summed E-state index contributed by atoms with van der Waals surface area (Å²) in [6, 6.07) is 16.4. The van der Waals surface area contributed by atoms with Gasteiger partial charge in [-0.3, -0.25) is 9.69 Å². The second-order valence-electron chi connectivity index (χ2n) is 7.40. The van der Waals surface area contributed by atoms with Crippen LogP contribution < -0.4 is 10.1 Å². The highest BCUT2D eigenvalue weighted by Gasteiger charge is 2.20. The molecule has 1 atom stereocenters. The van der Waals surface area contributed by atoms with E-state index in [1.807, 2.05) is 18.2 Å². The molecule has 0 radical (unpaired) electrons. The molecule has 0 spiro atoms. The van der Waals surface area contributed by atoms with Gasteiger partial charge in [0.05, 0.1) is 13.7 Å². The first-order valence-electron chi connectivity index (χ1n) is 9.93. The Labute approximate surface area is 165 Å². The van der Waals surface area contributed by atoms with Crippen LogP contribution in [-0.2, 0) is 4.79 Å². The molecule has 0 bridgehead atoms. The van der Waals surface area contributed by atoms with Crippen molar-refractivity contribution in [1.29, 1.82) is 0 Å². The zero-order chi connectivity index (χ0) is 19.3. The summed E-state index contributed by atoms with van der Waals surface area (Å²) in [6.45, 7) is 3.11. The predicted molar refractivity (Wildman–Crippen MR) is 112 cm³/mol. The number of aromatic amines is 1. The number of carbonyl (C=O) groups excluding carboxylic acids is 1. The highest BCUT2D eigenvalue weighted by Crippen LogP contribution is 2.31. The first kappa shape index (κ1) is 18.6. The van der Waals surface area contributed by atoms with Crippen LogP contribution in [0.2, 0.25) is 0 Å². The molecule has 1 aliphatic heterocycles. The molecule has 0 aliphatic carbocycles. The third-order valence-electron chi connectivity index (χ3n) is 5.58. The third kappa shape index (κ3) is 4.04. The molecule has 0 unspecified atom stereocenters. The van der Waals surface area contributed by atoms with Gasteiger partial charge < -0.3 is 15.0 Å². The van der Waals surface area contributed by atoms with Gasteiger partial charge in [0.25, 0.3) is 0 Å². The number of hydrogen-bond donors (Lipinski definition) is 2. The number of benzene rings is 2. The van der Waals surface area contributed by atoms with E-state index in [0.29, 0.717) is 13.1 Å². The van der Waals surface area contributed by atoms with Crippen molar-refractivity contribution in [3.05, 3.63) is 65.9 Å². The normalized spacial score (nSPS) is 15.6. The van der Waals surface area contributed by atoms with Crippen LogP contribution in [0, 0.1) is 0 Å². The number of rotatable bonds is 7. The molecule has 1 aromatic heterocycles. The number of H-pyrrole nitrogens is 1. The minimum Gasteiger partial charge on any atom is -0.497 e. The van der Waals surface area contributed by atoms with E-state index in [1.54, 1.807) is 7.11 Å². The lowest BCUT2D eigenvalue weighted by Crippen LogP contribution is -2.37. The van der Waals surface area contributed by atoms with Gasteiger partial charge in [0.1, 0.15) is 5.75 Å². The highest BCUT2D eigenvalue weighted by molar-refractivity contribution is 5.84. The number of nitrogens with zero attached hydrogens (tertiary/aromatic N) is 1. The van der Waals surface area contributed by atoms with Crippen molar-refractivity contribution in [3.8, 4) is 5.75 Å². The summed E-state index contributed by atoms with van der Waals surface area (Å²) in [5.74, 6) is 1.00. The Hall–Kier alpha value is -2.79. The van der Waals surface area contributed by atoms with Crippen molar-refractivity contribution >= 4 is 16.8 Å². The molecule has 5 nitrogen and oxygen atoms in total. The zero-order valence-electron chi connectivity index (χ0n) is 16.3. The second-order valence-corrected chi connectivity index (χ2v) is 7.40. The van der Waals surface area contributed by atoms with E-state index in [2.05, 4.69) is 51.7 Å². The van der Waals surface area contributed by atoms with E-state index in [-0.39, 0.29) is 11.8 Å². The van der Waals surface area contributed by atoms with Crippen molar-refractivity contribution in [2.75, 3.05) is 33.3 Å². The summed E-state index contributed by atoms with van der Waals surface area (Å²) in [6.07, 6.45) is 4.44. The van der Waals surface area contributed by atoms with Crippen molar-refractivity contribution < 1.29 is 9.53 Å². The number of hydrogen-bond acceptors (Lipinski definition) is 3. The van der Waals surface area contributed by atoms with Crippen molar-refractivity contribution in [3.63, 3.8) is 0 Å². The molecule has 5 heteroatoms. The number of para-hydroxylation sites is 1. The lowest BCUT2D eigenvalue weighted by atomic mass is 9.90. The van der Waals surface area contributed by atoms with E-state index >= 15 is 0 Å². The summed E-state index contributed by atoms with van der Waals surface area (Å²) in [5, 5.41) is 4.36. The molecule has 4 rings (SSSR count). The third-order valence-corrected chi connectivity index (χ3v) is 5.58. The molecule has 2 heterocycles. The standard InChI is InChI=1S/C23H27N3O2/c1-28-18-10-8-17(9-11-18)20(14-25-23(27)16-26-12-4-5-13-26)21-15-24-22-7-3-2-6-19(21)22/h2-3,6-11,15,20,24H,4-5,12-14,16H2,1H3,(H,25,27)/t20-/m1/s1. The van der Waals surface area contributed by atoms with Crippen LogP contribution in [0.5, 0.6) is 5.75 Å². The Morgan fingerprint density at radius 1 is 1.14 bits per heavy atom. The van der Waals surface area contributed by atoms with Gasteiger partial charge in [-0.2, -0.15) is 0 Å². The quantitative estimate of drug-likeness (QED) is 0.662. The molecule has 2 aromatic carbocycles. The minimum atomic E-state index is 0.0737. The van der Waals surface area contributed by atoms with Crippen molar-refractivity contribution in [2.45, 2.75) is 18.8 Å². The van der Waals surface area contributed by atoms with Crippen molar-refractivity contribution in [2.24, 2.45) is 0 Å². The average Bonchev–Trinajstić information content (AvgIpc) is 3.39. The fraction of sp³-hybridized carbons (Fsp3) is 0.348. The van der Waals surface area contributed by atoms with Gasteiger partial charge in [-0.25, -0.2) is 0 Å². The van der Waals surface area contributed by atoms with Gasteiger partial charge in [0, 0.05) is 29.6 Å². The number of aromatic nitrogens is 1. The maximum atomic E-state index is 12.5. The van der Waals surface area contributed by atoms with Gasteiger partial charge in [0.2, 0.25) is 5.91 Å². The first-order chi connectivity index (χ1) is 13.7. The smallest absolute Gasteiger partial charge is 0.234 e. The Kier molecular flexibility index (Phi) is 5.63. The number of methoxy groups -OCH3 is 1. The van der Waals surface area contributed by atoms with Crippen LogP contribution in [0.3, 0.4) is 0 Å². The van der Waals surface area contributed by atoms with Crippen LogP contribution in [0.25, 0.3) is 10.9 Å². The van der Waals surface area contributed by atoms with Gasteiger partial charge in [-0.15, -0.1) is 0 Å². The highest BCUT2D eigenvalue weighted by atomic mass is 16.5. The molecule has 146 valence electrons. The Morgan fingerprint density at radius 2 is 1.89 bits per heavy atom. The number of likely N-dealkylation sites (tertiary alicyclic amines) is 1. The summed E-state index contributed by atoms with van der Waals surface area (Å²) < 4.78 is 5.30.